The van der Waals surface area contributed by atoms with Gasteiger partial charge in [-0.3, -0.25) is 0 Å². The highest BCUT2D eigenvalue weighted by atomic mass is 31.2. The Balaban J connectivity index is 2.91. The van der Waals surface area contributed by atoms with Gasteiger partial charge in [0, 0.05) is 0 Å². The van der Waals surface area contributed by atoms with E-state index < -0.39 is 20.0 Å². The quantitative estimate of drug-likeness (QED) is 0.765. The Hall–Kier alpha value is -0.570. The zero-order valence-electron chi connectivity index (χ0n) is 7.00. The molecule has 1 rings (SSSR count). The molecule has 1 unspecified atom stereocenters. The largest absolute Gasteiger partial charge is 0.346 e. The lowest BCUT2D eigenvalue weighted by molar-refractivity contribution is 0.336. The first-order valence-corrected chi connectivity index (χ1v) is 4.93. The van der Waals surface area contributed by atoms with Gasteiger partial charge in [0.25, 0.3) is 0 Å². The summed E-state index contributed by atoms with van der Waals surface area (Å²) < 4.78 is 30.4. The number of hydrogen-bond donors (Lipinski definition) is 1. The molecule has 0 spiro atoms. The van der Waals surface area contributed by atoms with Gasteiger partial charge in [-0.1, -0.05) is 0 Å². The first kappa shape index (κ1) is 10.5. The van der Waals surface area contributed by atoms with Crippen LogP contribution in [-0.4, -0.2) is 11.5 Å². The maximum absolute atomic E-state index is 13.0. The highest BCUT2D eigenvalue weighted by molar-refractivity contribution is 7.55. The third kappa shape index (κ3) is 2.69. The molecular formula is C8H9F2O2P. The smallest absolute Gasteiger partial charge is 0.205 e. The maximum Gasteiger partial charge on any atom is 0.205 e. The van der Waals surface area contributed by atoms with Crippen LogP contribution in [0.2, 0.25) is 0 Å². The van der Waals surface area contributed by atoms with Crippen LogP contribution in [0.25, 0.3) is 0 Å². The van der Waals surface area contributed by atoms with E-state index in [1.54, 1.807) is 6.92 Å². The number of rotatable bonds is 3. The molecule has 0 fully saturated rings. The fourth-order valence-electron chi connectivity index (χ4n) is 0.824. The molecule has 0 aliphatic heterocycles. The molecule has 0 saturated carbocycles. The van der Waals surface area contributed by atoms with Gasteiger partial charge in [0.2, 0.25) is 8.38 Å². The van der Waals surface area contributed by atoms with E-state index in [0.717, 1.165) is 18.2 Å². The number of benzene rings is 1. The summed E-state index contributed by atoms with van der Waals surface area (Å²) in [5, 5.41) is -0.114. The highest BCUT2D eigenvalue weighted by Gasteiger charge is 2.14. The van der Waals surface area contributed by atoms with Gasteiger partial charge >= 0.3 is 0 Å². The lowest BCUT2D eigenvalue weighted by atomic mass is 10.3. The average molecular weight is 206 g/mol. The van der Waals surface area contributed by atoms with Crippen LogP contribution in [0.5, 0.6) is 0 Å². The van der Waals surface area contributed by atoms with E-state index in [4.69, 9.17) is 4.52 Å². The van der Waals surface area contributed by atoms with Crippen LogP contribution in [0.3, 0.4) is 0 Å². The van der Waals surface area contributed by atoms with Crippen molar-refractivity contribution >= 4 is 13.7 Å². The van der Waals surface area contributed by atoms with Crippen LogP contribution in [0.15, 0.2) is 18.2 Å². The van der Waals surface area contributed by atoms with Gasteiger partial charge in [0.15, 0.2) is 0 Å². The Morgan fingerprint density at radius 3 is 2.77 bits per heavy atom. The molecule has 0 radical (unpaired) electrons. The van der Waals surface area contributed by atoms with Crippen LogP contribution in [0.1, 0.15) is 6.92 Å². The zero-order valence-corrected chi connectivity index (χ0v) is 7.89. The summed E-state index contributed by atoms with van der Waals surface area (Å²) in [4.78, 5) is 9.26. The van der Waals surface area contributed by atoms with Gasteiger partial charge < -0.3 is 9.42 Å². The van der Waals surface area contributed by atoms with E-state index in [-0.39, 0.29) is 11.9 Å². The molecule has 0 bridgehead atoms. The molecule has 2 nitrogen and oxygen atoms in total. The van der Waals surface area contributed by atoms with E-state index in [0.29, 0.717) is 0 Å². The average Bonchev–Trinajstić information content (AvgIpc) is 2.09. The van der Waals surface area contributed by atoms with Gasteiger partial charge in [-0.2, -0.15) is 0 Å². The van der Waals surface area contributed by atoms with Crippen molar-refractivity contribution in [2.45, 2.75) is 6.92 Å². The van der Waals surface area contributed by atoms with Crippen molar-refractivity contribution in [1.29, 1.82) is 0 Å². The van der Waals surface area contributed by atoms with Crippen molar-refractivity contribution in [3.8, 4) is 0 Å². The molecule has 0 aromatic heterocycles. The predicted molar refractivity (Wildman–Crippen MR) is 46.8 cm³/mol. The van der Waals surface area contributed by atoms with Gasteiger partial charge in [0.05, 0.1) is 11.9 Å². The first-order valence-electron chi connectivity index (χ1n) is 3.72. The van der Waals surface area contributed by atoms with E-state index in [9.17, 15) is 13.7 Å². The molecule has 72 valence electrons. The van der Waals surface area contributed by atoms with Crippen molar-refractivity contribution in [1.82, 2.24) is 0 Å². The minimum absolute atomic E-state index is 0.114. The van der Waals surface area contributed by atoms with E-state index in [1.165, 1.54) is 0 Å². The van der Waals surface area contributed by atoms with Crippen LogP contribution in [-0.2, 0) is 4.52 Å². The minimum Gasteiger partial charge on any atom is -0.346 e. The second-order valence-electron chi connectivity index (χ2n) is 2.29. The molecule has 5 heteroatoms. The summed E-state index contributed by atoms with van der Waals surface area (Å²) in [6.45, 7) is 1.93. The molecule has 13 heavy (non-hydrogen) atoms. The Kier molecular flexibility index (Phi) is 3.72. The first-order chi connectivity index (χ1) is 6.15. The third-order valence-corrected chi connectivity index (χ3v) is 2.62. The van der Waals surface area contributed by atoms with Crippen molar-refractivity contribution in [3.63, 3.8) is 0 Å². The van der Waals surface area contributed by atoms with E-state index in [1.807, 2.05) is 0 Å². The Morgan fingerprint density at radius 1 is 1.46 bits per heavy atom. The summed E-state index contributed by atoms with van der Waals surface area (Å²) in [6.07, 6.45) is 0. The molecule has 1 atom stereocenters. The monoisotopic (exact) mass is 206 g/mol. The predicted octanol–water partition coefficient (Wildman–Crippen LogP) is 1.93. The van der Waals surface area contributed by atoms with Gasteiger partial charge in [0.1, 0.15) is 11.6 Å². The SMILES string of the molecule is CCOP(O)c1cc(F)ccc1F. The van der Waals surface area contributed by atoms with Gasteiger partial charge in [-0.15, -0.1) is 0 Å². The van der Waals surface area contributed by atoms with E-state index >= 15 is 0 Å². The normalized spacial score (nSPS) is 12.9. The molecule has 0 heterocycles. The summed E-state index contributed by atoms with van der Waals surface area (Å²) in [5.74, 6) is -1.24. The van der Waals surface area contributed by atoms with Crippen LogP contribution < -0.4 is 5.30 Å². The second-order valence-corrected chi connectivity index (χ2v) is 3.57. The summed E-state index contributed by atoms with van der Waals surface area (Å²) in [7, 11) is -2.03. The van der Waals surface area contributed by atoms with Crippen LogP contribution in [0, 0.1) is 11.6 Å². The Bertz CT molecular complexity index is 293. The molecule has 0 aliphatic carbocycles. The van der Waals surface area contributed by atoms with Gasteiger partial charge in [-0.25, -0.2) is 8.78 Å². The standard InChI is InChI=1S/C8H9F2O2P/c1-2-12-13(11)8-5-6(9)3-4-7(8)10/h3-5,11H,2H2,1H3. The molecule has 1 aromatic carbocycles. The lowest BCUT2D eigenvalue weighted by Gasteiger charge is -2.09. The molecule has 0 saturated heterocycles. The zero-order chi connectivity index (χ0) is 9.84. The highest BCUT2D eigenvalue weighted by Crippen LogP contribution is 2.31. The Labute approximate surface area is 76.1 Å². The molecular weight excluding hydrogens is 197 g/mol. The van der Waals surface area contributed by atoms with Crippen molar-refractivity contribution < 1.29 is 18.2 Å². The molecule has 1 N–H and O–H groups in total. The summed E-state index contributed by atoms with van der Waals surface area (Å²) >= 11 is 0. The topological polar surface area (TPSA) is 29.5 Å². The van der Waals surface area contributed by atoms with Crippen molar-refractivity contribution in [2.75, 3.05) is 6.61 Å². The fraction of sp³-hybridized carbons (Fsp3) is 0.250. The minimum atomic E-state index is -2.03. The van der Waals surface area contributed by atoms with Crippen molar-refractivity contribution in [3.05, 3.63) is 29.8 Å². The Morgan fingerprint density at radius 2 is 2.15 bits per heavy atom. The van der Waals surface area contributed by atoms with Crippen molar-refractivity contribution in [2.24, 2.45) is 0 Å². The molecule has 0 aliphatic rings. The second kappa shape index (κ2) is 4.61. The fourth-order valence-corrected chi connectivity index (χ4v) is 1.70. The van der Waals surface area contributed by atoms with Crippen LogP contribution in [0.4, 0.5) is 8.78 Å². The molecule has 0 amide bonds. The van der Waals surface area contributed by atoms with Crippen LogP contribution >= 0.6 is 8.38 Å². The number of halogens is 2. The van der Waals surface area contributed by atoms with Gasteiger partial charge in [-0.05, 0) is 25.1 Å². The third-order valence-electron chi connectivity index (χ3n) is 1.37. The summed E-state index contributed by atoms with van der Waals surface area (Å²) in [6, 6.07) is 2.90. The number of hydrogen-bond acceptors (Lipinski definition) is 2. The maximum atomic E-state index is 13.0. The van der Waals surface area contributed by atoms with E-state index in [2.05, 4.69) is 0 Å². The summed E-state index contributed by atoms with van der Waals surface area (Å²) in [5.41, 5.74) is 0. The lowest BCUT2D eigenvalue weighted by Crippen LogP contribution is -2.08. The molecule has 1 aromatic rings.